The van der Waals surface area contributed by atoms with Crippen LogP contribution >= 0.6 is 39.3 Å². The minimum absolute atomic E-state index is 0.0157. The van der Waals surface area contributed by atoms with Crippen LogP contribution in [0.4, 0.5) is 10.5 Å². The number of carbonyl (C=O) groups is 2. The van der Waals surface area contributed by atoms with Gasteiger partial charge in [-0.25, -0.2) is 0 Å². The van der Waals surface area contributed by atoms with E-state index in [1.165, 1.54) is 31.4 Å². The molecule has 36 heavy (non-hydrogen) atoms. The summed E-state index contributed by atoms with van der Waals surface area (Å²) in [5.74, 6) is 0.464. The summed E-state index contributed by atoms with van der Waals surface area (Å²) in [6.45, 7) is 0.247. The zero-order valence-electron chi connectivity index (χ0n) is 18.8. The number of imide groups is 1. The van der Waals surface area contributed by atoms with Crippen LogP contribution < -0.4 is 9.47 Å². The molecule has 0 spiro atoms. The number of nitro benzene ring substituents is 1. The molecule has 0 unspecified atom stereocenters. The second-order valence-corrected chi connectivity index (χ2v) is 9.86. The van der Waals surface area contributed by atoms with Gasteiger partial charge < -0.3 is 9.47 Å². The molecule has 4 rings (SSSR count). The molecule has 3 aromatic carbocycles. The number of methoxy groups -OCH3 is 1. The summed E-state index contributed by atoms with van der Waals surface area (Å²) in [6, 6.07) is 16.5. The Kier molecular flexibility index (Phi) is 7.97. The van der Waals surface area contributed by atoms with Crippen molar-refractivity contribution in [1.82, 2.24) is 4.90 Å². The van der Waals surface area contributed by atoms with Gasteiger partial charge in [-0.05, 0) is 63.1 Å². The molecule has 1 saturated heterocycles. The highest BCUT2D eigenvalue weighted by atomic mass is 79.9. The fourth-order valence-corrected chi connectivity index (χ4v) is 5.02. The van der Waals surface area contributed by atoms with Gasteiger partial charge in [0.15, 0.2) is 11.5 Å². The van der Waals surface area contributed by atoms with Gasteiger partial charge in [0.05, 0.1) is 28.0 Å². The second-order valence-electron chi connectivity index (χ2n) is 7.61. The molecular weight excluding hydrogens is 572 g/mol. The Bertz CT molecular complexity index is 1380. The number of benzene rings is 3. The standard InChI is InChI=1S/C25H18BrClN2O6S/c1-34-21-11-16(10-19(26)23(21)35-14-17-4-2-3-5-20(17)27)12-22-24(30)28(25(31)36-22)13-15-6-8-18(9-7-15)29(32)33/h2-12H,13-14H2,1H3/b22-12+. The molecule has 0 atom stereocenters. The van der Waals surface area contributed by atoms with E-state index in [1.807, 2.05) is 18.2 Å². The third-order valence-corrected chi connectivity index (χ3v) is 7.11. The molecule has 0 bridgehead atoms. The van der Waals surface area contributed by atoms with E-state index < -0.39 is 16.1 Å². The number of hydrogen-bond donors (Lipinski definition) is 0. The molecule has 0 aromatic heterocycles. The Balaban J connectivity index is 1.52. The van der Waals surface area contributed by atoms with E-state index in [4.69, 9.17) is 21.1 Å². The molecule has 1 aliphatic heterocycles. The normalized spacial score (nSPS) is 14.4. The lowest BCUT2D eigenvalue weighted by Gasteiger charge is -2.14. The van der Waals surface area contributed by atoms with Crippen LogP contribution in [0.15, 0.2) is 70.0 Å². The third kappa shape index (κ3) is 5.72. The second kappa shape index (κ2) is 11.2. The monoisotopic (exact) mass is 588 g/mol. The van der Waals surface area contributed by atoms with Gasteiger partial charge in [0.1, 0.15) is 6.61 Å². The average Bonchev–Trinajstić information content (AvgIpc) is 3.11. The molecule has 0 saturated carbocycles. The topological polar surface area (TPSA) is 99.0 Å². The number of halogens is 2. The predicted molar refractivity (Wildman–Crippen MR) is 141 cm³/mol. The molecular formula is C25H18BrClN2O6S. The van der Waals surface area contributed by atoms with E-state index in [9.17, 15) is 19.7 Å². The van der Waals surface area contributed by atoms with Crippen molar-refractivity contribution in [3.63, 3.8) is 0 Å². The maximum Gasteiger partial charge on any atom is 0.293 e. The first-order chi connectivity index (χ1) is 17.3. The van der Waals surface area contributed by atoms with Crippen molar-refractivity contribution in [1.29, 1.82) is 0 Å². The van der Waals surface area contributed by atoms with E-state index in [0.29, 0.717) is 32.1 Å². The molecule has 1 aliphatic rings. The van der Waals surface area contributed by atoms with Crippen LogP contribution in [-0.4, -0.2) is 28.1 Å². The number of nitrogens with zero attached hydrogens (tertiary/aromatic N) is 2. The Morgan fingerprint density at radius 3 is 2.53 bits per heavy atom. The number of carbonyl (C=O) groups excluding carboxylic acids is 2. The van der Waals surface area contributed by atoms with E-state index in [-0.39, 0.29) is 23.7 Å². The Morgan fingerprint density at radius 1 is 1.14 bits per heavy atom. The van der Waals surface area contributed by atoms with Gasteiger partial charge in [-0.15, -0.1) is 0 Å². The zero-order chi connectivity index (χ0) is 25.8. The van der Waals surface area contributed by atoms with Gasteiger partial charge in [-0.3, -0.25) is 24.6 Å². The summed E-state index contributed by atoms with van der Waals surface area (Å²) in [7, 11) is 1.51. The smallest absolute Gasteiger partial charge is 0.293 e. The van der Waals surface area contributed by atoms with Crippen molar-refractivity contribution in [2.24, 2.45) is 0 Å². The van der Waals surface area contributed by atoms with Gasteiger partial charge in [0.25, 0.3) is 16.8 Å². The molecule has 0 radical (unpaired) electrons. The fourth-order valence-electron chi connectivity index (χ4n) is 3.42. The summed E-state index contributed by atoms with van der Waals surface area (Å²) in [6.07, 6.45) is 1.60. The van der Waals surface area contributed by atoms with Gasteiger partial charge in [0.2, 0.25) is 0 Å². The third-order valence-electron chi connectivity index (χ3n) is 5.24. The number of rotatable bonds is 8. The average molecular weight is 590 g/mol. The number of thioether (sulfide) groups is 1. The van der Waals surface area contributed by atoms with Crippen molar-refractivity contribution >= 4 is 62.2 Å². The van der Waals surface area contributed by atoms with Crippen LogP contribution in [0.5, 0.6) is 11.5 Å². The summed E-state index contributed by atoms with van der Waals surface area (Å²) < 4.78 is 12.0. The lowest BCUT2D eigenvalue weighted by atomic mass is 10.1. The van der Waals surface area contributed by atoms with Gasteiger partial charge >= 0.3 is 0 Å². The van der Waals surface area contributed by atoms with Crippen LogP contribution in [-0.2, 0) is 17.9 Å². The lowest BCUT2D eigenvalue weighted by molar-refractivity contribution is -0.384. The van der Waals surface area contributed by atoms with Crippen LogP contribution in [0.1, 0.15) is 16.7 Å². The van der Waals surface area contributed by atoms with Crippen molar-refractivity contribution in [3.05, 3.63) is 102 Å². The van der Waals surface area contributed by atoms with Crippen molar-refractivity contribution in [2.75, 3.05) is 7.11 Å². The Morgan fingerprint density at radius 2 is 1.86 bits per heavy atom. The number of nitro groups is 1. The van der Waals surface area contributed by atoms with Crippen molar-refractivity contribution in [2.45, 2.75) is 13.2 Å². The number of ether oxygens (including phenoxy) is 2. The number of amides is 2. The molecule has 0 aliphatic carbocycles. The quantitative estimate of drug-likeness (QED) is 0.161. The van der Waals surface area contributed by atoms with E-state index >= 15 is 0 Å². The van der Waals surface area contributed by atoms with E-state index in [0.717, 1.165) is 22.2 Å². The van der Waals surface area contributed by atoms with E-state index in [2.05, 4.69) is 15.9 Å². The molecule has 1 fully saturated rings. The molecule has 184 valence electrons. The lowest BCUT2D eigenvalue weighted by Crippen LogP contribution is -2.27. The highest BCUT2D eigenvalue weighted by Crippen LogP contribution is 2.40. The van der Waals surface area contributed by atoms with Gasteiger partial charge in [0, 0.05) is 22.7 Å². The van der Waals surface area contributed by atoms with Crippen LogP contribution in [0, 0.1) is 10.1 Å². The fraction of sp³-hybridized carbons (Fsp3) is 0.120. The van der Waals surface area contributed by atoms with Crippen LogP contribution in [0.3, 0.4) is 0 Å². The molecule has 11 heteroatoms. The first-order valence-corrected chi connectivity index (χ1v) is 12.5. The van der Waals surface area contributed by atoms with Gasteiger partial charge in [-0.2, -0.15) is 0 Å². The molecule has 1 heterocycles. The number of non-ortho nitro benzene ring substituents is 1. The maximum atomic E-state index is 12.9. The van der Waals surface area contributed by atoms with Crippen molar-refractivity contribution in [3.8, 4) is 11.5 Å². The van der Waals surface area contributed by atoms with Crippen molar-refractivity contribution < 1.29 is 24.0 Å². The Hall–Kier alpha value is -3.34. The summed E-state index contributed by atoms with van der Waals surface area (Å²) in [4.78, 5) is 37.1. The predicted octanol–water partition coefficient (Wildman–Crippen LogP) is 6.83. The van der Waals surface area contributed by atoms with E-state index in [1.54, 1.807) is 24.3 Å². The highest BCUT2D eigenvalue weighted by Gasteiger charge is 2.35. The highest BCUT2D eigenvalue weighted by molar-refractivity contribution is 9.10. The summed E-state index contributed by atoms with van der Waals surface area (Å²) in [5.41, 5.74) is 1.99. The summed E-state index contributed by atoms with van der Waals surface area (Å²) >= 11 is 10.5. The Labute approximate surface area is 224 Å². The largest absolute Gasteiger partial charge is 0.493 e. The summed E-state index contributed by atoms with van der Waals surface area (Å²) in [5, 5.41) is 11.0. The molecule has 3 aromatic rings. The van der Waals surface area contributed by atoms with Crippen LogP contribution in [0.25, 0.3) is 6.08 Å². The molecule has 8 nitrogen and oxygen atoms in total. The van der Waals surface area contributed by atoms with Gasteiger partial charge in [-0.1, -0.05) is 41.9 Å². The maximum absolute atomic E-state index is 12.9. The molecule has 0 N–H and O–H groups in total. The SMILES string of the molecule is COc1cc(/C=C2/SC(=O)N(Cc3ccc([N+](=O)[O-])cc3)C2=O)cc(Br)c1OCc1ccccc1Cl. The first kappa shape index (κ1) is 25.7. The van der Waals surface area contributed by atoms with Crippen LogP contribution in [0.2, 0.25) is 5.02 Å². The molecule has 2 amide bonds. The number of hydrogen-bond acceptors (Lipinski definition) is 7. The first-order valence-electron chi connectivity index (χ1n) is 10.5. The zero-order valence-corrected chi connectivity index (χ0v) is 21.9. The minimum Gasteiger partial charge on any atom is -0.493 e. The minimum atomic E-state index is -0.508.